The van der Waals surface area contributed by atoms with Crippen molar-refractivity contribution in [3.8, 4) is 17.2 Å². The van der Waals surface area contributed by atoms with Gasteiger partial charge in [0.05, 0.1) is 13.2 Å². The number of nitrogens with zero attached hydrogens (tertiary/aromatic N) is 1. The highest BCUT2D eigenvalue weighted by molar-refractivity contribution is 6.11. The van der Waals surface area contributed by atoms with E-state index < -0.39 is 5.41 Å². The zero-order chi connectivity index (χ0) is 20.3. The molecular weight excluding hydrogens is 385 g/mol. The first-order valence-corrected chi connectivity index (χ1v) is 9.90. The van der Waals surface area contributed by atoms with Gasteiger partial charge in [-0.05, 0) is 35.4 Å². The van der Waals surface area contributed by atoms with Crippen LogP contribution in [0.15, 0.2) is 60.7 Å². The number of para-hydroxylation sites is 1. The lowest BCUT2D eigenvalue weighted by Gasteiger charge is -2.35. The number of amides is 1. The Morgan fingerprint density at radius 1 is 0.900 bits per heavy atom. The Balaban J connectivity index is 1.51. The van der Waals surface area contributed by atoms with E-state index >= 15 is 0 Å². The van der Waals surface area contributed by atoms with E-state index in [1.54, 1.807) is 17.0 Å². The quantitative estimate of drug-likeness (QED) is 0.645. The van der Waals surface area contributed by atoms with Gasteiger partial charge in [0.15, 0.2) is 11.5 Å². The standard InChI is InChI=1S/C24H18FNO4/c25-16-7-5-15(6-8-16)13-26-19-4-2-1-3-17(19)24(23(26)27)9-10-28-20-12-22-21(11-18(20)24)29-14-30-22/h1-8,11-12H,9-10,13-14H2. The summed E-state index contributed by atoms with van der Waals surface area (Å²) in [6, 6.07) is 17.8. The maximum atomic E-state index is 14.0. The van der Waals surface area contributed by atoms with Crippen LogP contribution in [-0.2, 0) is 16.8 Å². The summed E-state index contributed by atoms with van der Waals surface area (Å²) in [6.07, 6.45) is 0.537. The van der Waals surface area contributed by atoms with Crippen LogP contribution in [0.5, 0.6) is 17.2 Å². The van der Waals surface area contributed by atoms with E-state index in [0.717, 1.165) is 22.4 Å². The van der Waals surface area contributed by atoms with Gasteiger partial charge in [0.25, 0.3) is 0 Å². The Kier molecular flexibility index (Phi) is 3.60. The van der Waals surface area contributed by atoms with Gasteiger partial charge in [-0.3, -0.25) is 4.79 Å². The molecule has 0 radical (unpaired) electrons. The molecule has 0 aromatic heterocycles. The number of hydrogen-bond acceptors (Lipinski definition) is 4. The SMILES string of the molecule is O=C1N(Cc2ccc(F)cc2)c2ccccc2C12CCOc1cc3c(cc12)OCO3. The first-order chi connectivity index (χ1) is 14.7. The summed E-state index contributed by atoms with van der Waals surface area (Å²) in [4.78, 5) is 15.8. The zero-order valence-corrected chi connectivity index (χ0v) is 16.1. The zero-order valence-electron chi connectivity index (χ0n) is 16.1. The maximum absolute atomic E-state index is 14.0. The van der Waals surface area contributed by atoms with Crippen LogP contribution in [0.3, 0.4) is 0 Å². The van der Waals surface area contributed by atoms with Gasteiger partial charge in [0.2, 0.25) is 12.7 Å². The number of anilines is 1. The topological polar surface area (TPSA) is 48.0 Å². The minimum Gasteiger partial charge on any atom is -0.493 e. The summed E-state index contributed by atoms with van der Waals surface area (Å²) in [5, 5.41) is 0. The van der Waals surface area contributed by atoms with Gasteiger partial charge >= 0.3 is 0 Å². The van der Waals surface area contributed by atoms with E-state index in [-0.39, 0.29) is 18.5 Å². The average Bonchev–Trinajstić information content (AvgIpc) is 3.31. The molecule has 6 heteroatoms. The number of ether oxygens (including phenoxy) is 3. The first-order valence-electron chi connectivity index (χ1n) is 9.90. The van der Waals surface area contributed by atoms with Crippen molar-refractivity contribution >= 4 is 11.6 Å². The minimum absolute atomic E-state index is 0.00330. The van der Waals surface area contributed by atoms with E-state index in [9.17, 15) is 9.18 Å². The molecule has 0 bridgehead atoms. The van der Waals surface area contributed by atoms with Crippen molar-refractivity contribution in [3.63, 3.8) is 0 Å². The Labute approximate surface area is 172 Å². The Morgan fingerprint density at radius 3 is 2.50 bits per heavy atom. The van der Waals surface area contributed by atoms with Crippen molar-refractivity contribution in [3.05, 3.63) is 83.2 Å². The lowest BCUT2D eigenvalue weighted by atomic mass is 9.71. The highest BCUT2D eigenvalue weighted by atomic mass is 19.1. The number of carbonyl (C=O) groups excluding carboxylic acids is 1. The van der Waals surface area contributed by atoms with Crippen molar-refractivity contribution in [1.29, 1.82) is 0 Å². The lowest BCUT2D eigenvalue weighted by molar-refractivity contribution is -0.122. The largest absolute Gasteiger partial charge is 0.493 e. The second-order valence-corrected chi connectivity index (χ2v) is 7.74. The van der Waals surface area contributed by atoms with Crippen LogP contribution < -0.4 is 19.1 Å². The normalized spacial score (nSPS) is 20.8. The van der Waals surface area contributed by atoms with Crippen molar-refractivity contribution in [2.45, 2.75) is 18.4 Å². The fourth-order valence-electron chi connectivity index (χ4n) is 4.78. The molecular formula is C24H18FNO4. The molecule has 0 aliphatic carbocycles. The molecule has 150 valence electrons. The molecule has 1 spiro atoms. The molecule has 0 saturated carbocycles. The number of benzene rings is 3. The number of halogens is 1. The van der Waals surface area contributed by atoms with Crippen LogP contribution in [0.25, 0.3) is 0 Å². The Bertz CT molecular complexity index is 1180. The summed E-state index contributed by atoms with van der Waals surface area (Å²) in [5.74, 6) is 1.61. The first kappa shape index (κ1) is 17.3. The van der Waals surface area contributed by atoms with Crippen LogP contribution >= 0.6 is 0 Å². The smallest absolute Gasteiger partial charge is 0.242 e. The van der Waals surface area contributed by atoms with Crippen LogP contribution in [-0.4, -0.2) is 19.3 Å². The van der Waals surface area contributed by atoms with Crippen LogP contribution in [0.4, 0.5) is 10.1 Å². The summed E-state index contributed by atoms with van der Waals surface area (Å²) in [5.41, 5.74) is 2.66. The van der Waals surface area contributed by atoms with Crippen molar-refractivity contribution < 1.29 is 23.4 Å². The monoisotopic (exact) mass is 403 g/mol. The van der Waals surface area contributed by atoms with Crippen molar-refractivity contribution in [1.82, 2.24) is 0 Å². The van der Waals surface area contributed by atoms with Gasteiger partial charge in [-0.2, -0.15) is 0 Å². The predicted molar refractivity (Wildman–Crippen MR) is 107 cm³/mol. The second kappa shape index (κ2) is 6.23. The molecule has 3 heterocycles. The van der Waals surface area contributed by atoms with Crippen LogP contribution in [0, 0.1) is 5.82 Å². The van der Waals surface area contributed by atoms with E-state index in [1.165, 1.54) is 12.1 Å². The minimum atomic E-state index is -0.842. The molecule has 1 atom stereocenters. The second-order valence-electron chi connectivity index (χ2n) is 7.74. The molecule has 30 heavy (non-hydrogen) atoms. The van der Waals surface area contributed by atoms with E-state index in [1.807, 2.05) is 36.4 Å². The van der Waals surface area contributed by atoms with E-state index in [2.05, 4.69) is 0 Å². The third-order valence-corrected chi connectivity index (χ3v) is 6.19. The van der Waals surface area contributed by atoms with Gasteiger partial charge in [-0.15, -0.1) is 0 Å². The number of hydrogen-bond donors (Lipinski definition) is 0. The molecule has 3 aliphatic rings. The third kappa shape index (κ3) is 2.30. The van der Waals surface area contributed by atoms with Crippen molar-refractivity contribution in [2.75, 3.05) is 18.3 Å². The number of carbonyl (C=O) groups is 1. The Morgan fingerprint density at radius 2 is 1.67 bits per heavy atom. The van der Waals surface area contributed by atoms with Crippen LogP contribution in [0.1, 0.15) is 23.1 Å². The number of fused-ring (bicyclic) bond motifs is 5. The molecule has 6 rings (SSSR count). The van der Waals surface area contributed by atoms with Gasteiger partial charge < -0.3 is 19.1 Å². The average molecular weight is 403 g/mol. The van der Waals surface area contributed by atoms with Gasteiger partial charge in [-0.1, -0.05) is 30.3 Å². The molecule has 1 unspecified atom stereocenters. The van der Waals surface area contributed by atoms with Gasteiger partial charge in [0, 0.05) is 23.7 Å². The summed E-state index contributed by atoms with van der Waals surface area (Å²) in [7, 11) is 0. The Hall–Kier alpha value is -3.54. The molecule has 3 aliphatic heterocycles. The van der Waals surface area contributed by atoms with E-state index in [4.69, 9.17) is 14.2 Å². The molecule has 1 amide bonds. The molecule has 3 aromatic rings. The maximum Gasteiger partial charge on any atom is 0.242 e. The number of rotatable bonds is 2. The fraction of sp³-hybridized carbons (Fsp3) is 0.208. The lowest BCUT2D eigenvalue weighted by Crippen LogP contribution is -2.44. The van der Waals surface area contributed by atoms with Gasteiger partial charge in [0.1, 0.15) is 17.0 Å². The summed E-state index contributed by atoms with van der Waals surface area (Å²) < 4.78 is 30.4. The van der Waals surface area contributed by atoms with E-state index in [0.29, 0.717) is 36.8 Å². The van der Waals surface area contributed by atoms with Crippen LogP contribution in [0.2, 0.25) is 0 Å². The third-order valence-electron chi connectivity index (χ3n) is 6.19. The molecule has 5 nitrogen and oxygen atoms in total. The molecule has 0 fully saturated rings. The molecule has 3 aromatic carbocycles. The summed E-state index contributed by atoms with van der Waals surface area (Å²) >= 11 is 0. The van der Waals surface area contributed by atoms with Crippen molar-refractivity contribution in [2.24, 2.45) is 0 Å². The molecule has 0 saturated heterocycles. The fourth-order valence-corrected chi connectivity index (χ4v) is 4.78. The predicted octanol–water partition coefficient (Wildman–Crippen LogP) is 4.17. The molecule has 0 N–H and O–H groups in total. The summed E-state index contributed by atoms with van der Waals surface area (Å²) in [6.45, 7) is 0.960. The highest BCUT2D eigenvalue weighted by Crippen LogP contribution is 2.55. The highest BCUT2D eigenvalue weighted by Gasteiger charge is 2.55. The van der Waals surface area contributed by atoms with Gasteiger partial charge in [-0.25, -0.2) is 4.39 Å².